The molecule has 1 rings (SSSR count). The van der Waals surface area contributed by atoms with E-state index in [9.17, 15) is 0 Å². The predicted octanol–water partition coefficient (Wildman–Crippen LogP) is 4.46. The van der Waals surface area contributed by atoms with Crippen LogP contribution in [0.4, 0.5) is 0 Å². The quantitative estimate of drug-likeness (QED) is 0.832. The molecule has 0 spiro atoms. The van der Waals surface area contributed by atoms with Crippen molar-refractivity contribution < 1.29 is 0 Å². The van der Waals surface area contributed by atoms with Gasteiger partial charge in [-0.25, -0.2) is 0 Å². The summed E-state index contributed by atoms with van der Waals surface area (Å²) >= 11 is 0. The first kappa shape index (κ1) is 17.5. The zero-order chi connectivity index (χ0) is 12.9. The SMILES string of the molecule is CC(C)(C)CC(C)(C)NCCc1ccccc1.Cl. The fourth-order valence-electron chi connectivity index (χ4n) is 2.58. The van der Waals surface area contributed by atoms with Crippen LogP contribution in [0.25, 0.3) is 0 Å². The van der Waals surface area contributed by atoms with Crippen molar-refractivity contribution in [2.24, 2.45) is 5.41 Å². The molecule has 0 fully saturated rings. The summed E-state index contributed by atoms with van der Waals surface area (Å²) in [5, 5.41) is 3.66. The Kier molecular flexibility index (Phi) is 6.94. The fraction of sp³-hybridized carbons (Fsp3) is 0.625. The Balaban J connectivity index is 0.00000289. The molecule has 0 heterocycles. The van der Waals surface area contributed by atoms with Crippen molar-refractivity contribution in [3.8, 4) is 0 Å². The molecule has 0 amide bonds. The maximum atomic E-state index is 3.66. The smallest absolute Gasteiger partial charge is 0.0130 e. The Bertz CT molecular complexity index is 325. The lowest BCUT2D eigenvalue weighted by Crippen LogP contribution is -2.43. The minimum Gasteiger partial charge on any atom is -0.311 e. The molecule has 1 nitrogen and oxygen atoms in total. The predicted molar refractivity (Wildman–Crippen MR) is 83.5 cm³/mol. The summed E-state index contributed by atoms with van der Waals surface area (Å²) in [6.45, 7) is 12.5. The molecule has 0 atom stereocenters. The molecule has 0 saturated carbocycles. The molecule has 1 N–H and O–H groups in total. The lowest BCUT2D eigenvalue weighted by Gasteiger charge is -2.33. The minimum absolute atomic E-state index is 0. The zero-order valence-corrected chi connectivity index (χ0v) is 13.2. The standard InChI is InChI=1S/C16H27N.ClH/c1-15(2,3)13-16(4,5)17-12-11-14-9-7-6-8-10-14;/h6-10,17H,11-13H2,1-5H3;1H. The lowest BCUT2D eigenvalue weighted by molar-refractivity contribution is 0.243. The Labute approximate surface area is 119 Å². The monoisotopic (exact) mass is 269 g/mol. The van der Waals surface area contributed by atoms with Crippen molar-refractivity contribution in [1.82, 2.24) is 5.32 Å². The molecule has 18 heavy (non-hydrogen) atoms. The van der Waals surface area contributed by atoms with Gasteiger partial charge in [-0.15, -0.1) is 12.4 Å². The maximum absolute atomic E-state index is 3.66. The summed E-state index contributed by atoms with van der Waals surface area (Å²) in [7, 11) is 0. The van der Waals surface area contributed by atoms with Crippen LogP contribution in [0.2, 0.25) is 0 Å². The van der Waals surface area contributed by atoms with E-state index in [1.165, 1.54) is 12.0 Å². The summed E-state index contributed by atoms with van der Waals surface area (Å²) < 4.78 is 0. The van der Waals surface area contributed by atoms with Gasteiger partial charge in [0, 0.05) is 5.54 Å². The highest BCUT2D eigenvalue weighted by molar-refractivity contribution is 5.85. The van der Waals surface area contributed by atoms with E-state index in [1.807, 2.05) is 0 Å². The molecule has 0 aromatic heterocycles. The van der Waals surface area contributed by atoms with Crippen molar-refractivity contribution >= 4 is 12.4 Å². The van der Waals surface area contributed by atoms with Crippen LogP contribution in [-0.4, -0.2) is 12.1 Å². The molecule has 0 aliphatic carbocycles. The van der Waals surface area contributed by atoms with Crippen molar-refractivity contribution in [2.45, 2.75) is 53.0 Å². The Morgan fingerprint density at radius 1 is 0.944 bits per heavy atom. The number of halogens is 1. The summed E-state index contributed by atoms with van der Waals surface area (Å²) in [5.41, 5.74) is 2.00. The average molecular weight is 270 g/mol. The van der Waals surface area contributed by atoms with Crippen LogP contribution in [0.1, 0.15) is 46.6 Å². The molecule has 1 aromatic rings. The van der Waals surface area contributed by atoms with Crippen LogP contribution in [-0.2, 0) is 6.42 Å². The topological polar surface area (TPSA) is 12.0 Å². The van der Waals surface area contributed by atoms with E-state index in [1.54, 1.807) is 0 Å². The van der Waals surface area contributed by atoms with Crippen molar-refractivity contribution in [2.75, 3.05) is 6.54 Å². The molecule has 2 heteroatoms. The fourth-order valence-corrected chi connectivity index (χ4v) is 2.58. The van der Waals surface area contributed by atoms with Gasteiger partial charge in [0.05, 0.1) is 0 Å². The van der Waals surface area contributed by atoms with E-state index in [0.29, 0.717) is 5.41 Å². The number of rotatable bonds is 5. The third-order valence-electron chi connectivity index (χ3n) is 2.83. The second kappa shape index (κ2) is 7.16. The van der Waals surface area contributed by atoms with Crippen LogP contribution in [0.3, 0.4) is 0 Å². The lowest BCUT2D eigenvalue weighted by atomic mass is 9.82. The molecule has 0 radical (unpaired) electrons. The van der Waals surface area contributed by atoms with Crippen LogP contribution >= 0.6 is 12.4 Å². The van der Waals surface area contributed by atoms with Crippen LogP contribution < -0.4 is 5.32 Å². The molecule has 0 aliphatic rings. The molecular formula is C16H28ClN. The van der Waals surface area contributed by atoms with Gasteiger partial charge in [-0.1, -0.05) is 51.1 Å². The number of hydrogen-bond donors (Lipinski definition) is 1. The number of nitrogens with one attached hydrogen (secondary N) is 1. The van der Waals surface area contributed by atoms with Gasteiger partial charge >= 0.3 is 0 Å². The van der Waals surface area contributed by atoms with Gasteiger partial charge in [-0.2, -0.15) is 0 Å². The number of benzene rings is 1. The van der Waals surface area contributed by atoms with E-state index in [4.69, 9.17) is 0 Å². The average Bonchev–Trinajstić information content (AvgIpc) is 2.15. The molecule has 1 aromatic carbocycles. The summed E-state index contributed by atoms with van der Waals surface area (Å²) in [5.74, 6) is 0. The second-order valence-corrected chi connectivity index (χ2v) is 6.78. The van der Waals surface area contributed by atoms with Crippen molar-refractivity contribution in [3.05, 3.63) is 35.9 Å². The Morgan fingerprint density at radius 2 is 1.50 bits per heavy atom. The van der Waals surface area contributed by atoms with Gasteiger partial charge in [0.15, 0.2) is 0 Å². The molecule has 104 valence electrons. The van der Waals surface area contributed by atoms with Gasteiger partial charge in [-0.3, -0.25) is 0 Å². The van der Waals surface area contributed by atoms with Gasteiger partial charge in [0.1, 0.15) is 0 Å². The zero-order valence-electron chi connectivity index (χ0n) is 12.4. The Hall–Kier alpha value is -0.530. The van der Waals surface area contributed by atoms with Gasteiger partial charge in [-0.05, 0) is 44.2 Å². The van der Waals surface area contributed by atoms with E-state index >= 15 is 0 Å². The largest absolute Gasteiger partial charge is 0.311 e. The normalized spacial score (nSPS) is 12.1. The van der Waals surface area contributed by atoms with E-state index in [0.717, 1.165) is 13.0 Å². The maximum Gasteiger partial charge on any atom is 0.0130 e. The van der Waals surface area contributed by atoms with E-state index in [-0.39, 0.29) is 17.9 Å². The third kappa shape index (κ3) is 7.73. The molecular weight excluding hydrogens is 242 g/mol. The highest BCUT2D eigenvalue weighted by atomic mass is 35.5. The summed E-state index contributed by atoms with van der Waals surface area (Å²) in [6, 6.07) is 10.7. The Morgan fingerprint density at radius 3 is 2.00 bits per heavy atom. The molecule has 0 aliphatic heterocycles. The molecule has 0 saturated heterocycles. The van der Waals surface area contributed by atoms with Gasteiger partial charge in [0.25, 0.3) is 0 Å². The van der Waals surface area contributed by atoms with Crippen molar-refractivity contribution in [1.29, 1.82) is 0 Å². The first-order valence-electron chi connectivity index (χ1n) is 6.57. The third-order valence-corrected chi connectivity index (χ3v) is 2.83. The van der Waals surface area contributed by atoms with E-state index < -0.39 is 0 Å². The van der Waals surface area contributed by atoms with Gasteiger partial charge < -0.3 is 5.32 Å². The van der Waals surface area contributed by atoms with Crippen LogP contribution in [0.5, 0.6) is 0 Å². The highest BCUT2D eigenvalue weighted by Gasteiger charge is 2.24. The van der Waals surface area contributed by atoms with Crippen LogP contribution in [0, 0.1) is 5.41 Å². The highest BCUT2D eigenvalue weighted by Crippen LogP contribution is 2.26. The second-order valence-electron chi connectivity index (χ2n) is 6.78. The summed E-state index contributed by atoms with van der Waals surface area (Å²) in [4.78, 5) is 0. The first-order valence-corrected chi connectivity index (χ1v) is 6.57. The minimum atomic E-state index is 0. The van der Waals surface area contributed by atoms with Crippen molar-refractivity contribution in [3.63, 3.8) is 0 Å². The van der Waals surface area contributed by atoms with E-state index in [2.05, 4.69) is 70.3 Å². The molecule has 0 bridgehead atoms. The summed E-state index contributed by atoms with van der Waals surface area (Å²) in [6.07, 6.45) is 2.29. The molecule has 0 unspecified atom stereocenters. The van der Waals surface area contributed by atoms with Gasteiger partial charge in [0.2, 0.25) is 0 Å². The number of hydrogen-bond acceptors (Lipinski definition) is 1. The van der Waals surface area contributed by atoms with Crippen LogP contribution in [0.15, 0.2) is 30.3 Å². The first-order chi connectivity index (χ1) is 7.79.